The normalized spacial score (nSPS) is 8.38. The average Bonchev–Trinajstić information content (AvgIpc) is 2.47. The van der Waals surface area contributed by atoms with Crippen LogP contribution in [-0.4, -0.2) is 17.0 Å². The zero-order valence-electron chi connectivity index (χ0n) is 11.3. The van der Waals surface area contributed by atoms with Gasteiger partial charge in [-0.05, 0) is 76.5 Å². The summed E-state index contributed by atoms with van der Waals surface area (Å²) in [5, 5.41) is 11.6. The summed E-state index contributed by atoms with van der Waals surface area (Å²) >= 11 is 0. The zero-order chi connectivity index (χ0) is 15.8. The van der Waals surface area contributed by atoms with E-state index >= 15 is 0 Å². The summed E-state index contributed by atoms with van der Waals surface area (Å²) in [4.78, 5) is 0. The minimum Gasteiger partial charge on any atom is -0.411 e. The van der Waals surface area contributed by atoms with Gasteiger partial charge in [-0.1, -0.05) is 16.6 Å². The van der Waals surface area contributed by atoms with E-state index in [9.17, 15) is 0 Å². The first-order chi connectivity index (χ1) is 10.2. The molecule has 1 atom stereocenters. The molecule has 0 aromatic carbocycles. The maximum atomic E-state index is 8.60. The van der Waals surface area contributed by atoms with E-state index in [0.717, 1.165) is 0 Å². The molecular formula is C18H40N2O. The first-order valence-electron chi connectivity index (χ1n) is 5.55. The molecule has 0 aliphatic carbocycles. The molecule has 0 rings (SSSR count). The maximum absolute atomic E-state index is 8.60. The molecule has 0 aromatic rings. The van der Waals surface area contributed by atoms with E-state index in [0.29, 0.717) is 0 Å². The van der Waals surface area contributed by atoms with Gasteiger partial charge in [0, 0.05) is 33.5 Å². The van der Waals surface area contributed by atoms with Gasteiger partial charge in [-0.3, -0.25) is 0 Å². The summed E-state index contributed by atoms with van der Waals surface area (Å²) in [6.45, 7) is 4.97. The fourth-order valence-electron chi connectivity index (χ4n) is 0.723. The summed E-state index contributed by atoms with van der Waals surface area (Å²) in [7, 11) is 0. The second-order valence-electron chi connectivity index (χ2n) is 3.15. The van der Waals surface area contributed by atoms with Crippen LogP contribution in [0.4, 0.5) is 0 Å². The lowest BCUT2D eigenvalue weighted by Crippen LogP contribution is -2.24. The lowest BCUT2D eigenvalue weighted by molar-refractivity contribution is 0.317. The smallest absolute Gasteiger partial charge is 0.104 e. The Morgan fingerprint density at radius 3 is 1.81 bits per heavy atom. The molecule has 0 unspecified atom stereocenters. The van der Waals surface area contributed by atoms with Crippen molar-refractivity contribution in [2.24, 2.45) is 10.9 Å². The highest BCUT2D eigenvalue weighted by molar-refractivity contribution is 5.98. The highest BCUT2D eigenvalue weighted by Gasteiger charge is 1.99. The Bertz CT molecular complexity index is 932. The molecule has 0 aromatic heterocycles. The summed E-state index contributed by atoms with van der Waals surface area (Å²) in [5.41, 5.74) is 38.0. The van der Waals surface area contributed by atoms with Gasteiger partial charge < -0.3 is 10.9 Å². The standard InChI is InChI=1S/C18H10N2O.15H2/c1-3-4-5-6-7-8-9-10-11-12-13-14-15-16-18(20-21)17(2)19;;;;;;;;;;;;;;;/h16-17,21H,1,19H2,2H3;15*1H/b20-18-;;;;;;;;;;;;;;;/t17-;;;;;;;;;;;;;;;/m0.............../s1. The van der Waals surface area contributed by atoms with Crippen molar-refractivity contribution >= 4 is 5.71 Å². The van der Waals surface area contributed by atoms with Crippen LogP contribution in [-0.2, 0) is 0 Å². The van der Waals surface area contributed by atoms with Gasteiger partial charge in [0.25, 0.3) is 0 Å². The topological polar surface area (TPSA) is 58.6 Å². The Morgan fingerprint density at radius 2 is 1.43 bits per heavy atom. The molecule has 3 N–H and O–H groups in total. The quantitative estimate of drug-likeness (QED) is 0.282. The van der Waals surface area contributed by atoms with Crippen molar-refractivity contribution in [3.8, 4) is 0 Å². The highest BCUT2D eigenvalue weighted by atomic mass is 16.4. The zero-order valence-corrected chi connectivity index (χ0v) is 11.3. The van der Waals surface area contributed by atoms with Gasteiger partial charge in [0.05, 0.1) is 0 Å². The van der Waals surface area contributed by atoms with Crippen molar-refractivity contribution in [1.82, 2.24) is 0 Å². The predicted molar refractivity (Wildman–Crippen MR) is 110 cm³/mol. The lowest BCUT2D eigenvalue weighted by atomic mass is 10.2. The largest absolute Gasteiger partial charge is 0.411 e. The Balaban J connectivity index is -0.0000000190. The fourth-order valence-corrected chi connectivity index (χ4v) is 0.723. The molecule has 128 valence electrons. The van der Waals surface area contributed by atoms with E-state index in [1.807, 2.05) is 0 Å². The summed E-state index contributed by atoms with van der Waals surface area (Å²) in [6, 6.07) is -0.400. The van der Waals surface area contributed by atoms with E-state index in [4.69, 9.17) is 10.9 Å². The summed E-state index contributed by atoms with van der Waals surface area (Å²) in [5.74, 6) is 0. The van der Waals surface area contributed by atoms with Gasteiger partial charge in [-0.15, -0.1) is 0 Å². The van der Waals surface area contributed by atoms with E-state index in [-0.39, 0.29) is 27.1 Å². The van der Waals surface area contributed by atoms with Gasteiger partial charge in [0.1, 0.15) is 5.71 Å². The molecular weight excluding hydrogens is 260 g/mol. The molecule has 0 saturated heterocycles. The van der Waals surface area contributed by atoms with E-state index < -0.39 is 6.04 Å². The number of hydrogen-bond donors (Lipinski definition) is 2. The van der Waals surface area contributed by atoms with Gasteiger partial charge in [0.15, 0.2) is 0 Å². The van der Waals surface area contributed by atoms with E-state index in [1.54, 1.807) is 6.92 Å². The Hall–Kier alpha value is -3.69. The van der Waals surface area contributed by atoms with Crippen LogP contribution in [0.5, 0.6) is 0 Å². The Morgan fingerprint density at radius 1 is 1.00 bits per heavy atom. The van der Waals surface area contributed by atoms with Crippen LogP contribution < -0.4 is 5.73 Å². The molecule has 0 aliphatic heterocycles. The third-order valence-corrected chi connectivity index (χ3v) is 1.59. The van der Waals surface area contributed by atoms with Gasteiger partial charge >= 0.3 is 0 Å². The van der Waals surface area contributed by atoms with E-state index in [1.165, 1.54) is 6.08 Å². The molecule has 3 nitrogen and oxygen atoms in total. The molecule has 0 heterocycles. The minimum absolute atomic E-state index is 0. The van der Waals surface area contributed by atoms with Crippen molar-refractivity contribution in [3.63, 3.8) is 0 Å². The molecule has 0 fully saturated rings. The molecule has 3 heteroatoms. The molecule has 0 bridgehead atoms. The monoisotopic (exact) mass is 300 g/mol. The van der Waals surface area contributed by atoms with Crippen molar-refractivity contribution < 1.29 is 26.6 Å². The molecule has 0 saturated carbocycles. The first-order valence-corrected chi connectivity index (χ1v) is 5.55. The third-order valence-electron chi connectivity index (χ3n) is 1.59. The fraction of sp³-hybridized carbons (Fsp3) is 0.111. The Labute approximate surface area is 145 Å². The van der Waals surface area contributed by atoms with Crippen molar-refractivity contribution in [2.75, 3.05) is 0 Å². The van der Waals surface area contributed by atoms with Gasteiger partial charge in [-0.2, -0.15) is 0 Å². The molecule has 0 amide bonds. The van der Waals surface area contributed by atoms with Crippen molar-refractivity contribution in [1.29, 1.82) is 0 Å². The second-order valence-corrected chi connectivity index (χ2v) is 3.15. The number of hydrogen-bond acceptors (Lipinski definition) is 3. The van der Waals surface area contributed by atoms with Crippen LogP contribution >= 0.6 is 0 Å². The van der Waals surface area contributed by atoms with Crippen LogP contribution in [0.25, 0.3) is 0 Å². The van der Waals surface area contributed by atoms with Crippen molar-refractivity contribution in [3.05, 3.63) is 87.2 Å². The molecule has 0 radical (unpaired) electrons. The van der Waals surface area contributed by atoms with Crippen LogP contribution in [0.15, 0.2) is 92.3 Å². The van der Waals surface area contributed by atoms with E-state index in [2.05, 4.69) is 86.2 Å². The van der Waals surface area contributed by atoms with Crippen LogP contribution in [0, 0.1) is 0 Å². The molecule has 21 heavy (non-hydrogen) atoms. The molecule has 0 spiro atoms. The summed E-state index contributed by atoms with van der Waals surface area (Å²) in [6.07, 6.45) is 1.38. The number of nitrogens with two attached hydrogens (primary N) is 1. The van der Waals surface area contributed by atoms with Crippen LogP contribution in [0.3, 0.4) is 0 Å². The predicted octanol–water partition coefficient (Wildman–Crippen LogP) is 6.06. The number of oxime groups is 1. The molecule has 0 aliphatic rings. The van der Waals surface area contributed by atoms with Gasteiger partial charge in [-0.25, -0.2) is 0 Å². The van der Waals surface area contributed by atoms with Crippen LogP contribution in [0.1, 0.15) is 28.3 Å². The third kappa shape index (κ3) is 11.1. The Kier molecular flexibility index (Phi) is 10.5. The van der Waals surface area contributed by atoms with Crippen LogP contribution in [0.2, 0.25) is 0 Å². The second kappa shape index (κ2) is 12.8. The minimum atomic E-state index is -0.400. The summed E-state index contributed by atoms with van der Waals surface area (Å²) < 4.78 is 0. The number of nitrogens with zero attached hydrogens (tertiary/aromatic N) is 1. The average molecular weight is 301 g/mol. The maximum Gasteiger partial charge on any atom is 0.104 e. The lowest BCUT2D eigenvalue weighted by Gasteiger charge is -1.98. The van der Waals surface area contributed by atoms with Gasteiger partial charge in [0.2, 0.25) is 0 Å². The highest BCUT2D eigenvalue weighted by Crippen LogP contribution is 1.84. The number of rotatable bonds is 2. The SMILES string of the molecule is C=C=C=C=C=C=C=C=C=C=C=C=C=C=C/C(=N/O)[C@H](C)N.[HH].[HH].[HH].[HH].[HH].[HH].[HH].[HH].[HH].[HH].[HH].[HH].[HH].[HH].[HH]. The first kappa shape index (κ1) is 17.3. The van der Waals surface area contributed by atoms with Crippen molar-refractivity contribution in [2.45, 2.75) is 13.0 Å².